The number of hydrogen-bond donors (Lipinski definition) is 1. The Labute approximate surface area is 158 Å². The summed E-state index contributed by atoms with van der Waals surface area (Å²) in [6, 6.07) is 20.5. The molecule has 0 saturated heterocycles. The summed E-state index contributed by atoms with van der Waals surface area (Å²) in [5.74, 6) is 0. The van der Waals surface area contributed by atoms with Crippen molar-refractivity contribution in [2.75, 3.05) is 0 Å². The summed E-state index contributed by atoms with van der Waals surface area (Å²) in [7, 11) is -3.68. The lowest BCUT2D eigenvalue weighted by Crippen LogP contribution is -2.24. The second kappa shape index (κ2) is 6.98. The predicted molar refractivity (Wildman–Crippen MR) is 106 cm³/mol. The molecule has 0 fully saturated rings. The number of imidazole rings is 1. The van der Waals surface area contributed by atoms with Crippen LogP contribution in [0.3, 0.4) is 0 Å². The monoisotopic (exact) mass is 377 g/mol. The fourth-order valence-corrected chi connectivity index (χ4v) is 4.25. The fourth-order valence-electron chi connectivity index (χ4n) is 3.03. The molecule has 0 bridgehead atoms. The van der Waals surface area contributed by atoms with Crippen molar-refractivity contribution >= 4 is 15.7 Å². The molecule has 0 atom stereocenters. The Morgan fingerprint density at radius 1 is 1.00 bits per heavy atom. The average Bonchev–Trinajstić information content (AvgIpc) is 3.09. The Balaban J connectivity index is 1.62. The first-order valence-electron chi connectivity index (χ1n) is 8.61. The van der Waals surface area contributed by atoms with E-state index in [1.54, 1.807) is 12.1 Å². The van der Waals surface area contributed by atoms with E-state index in [-0.39, 0.29) is 11.4 Å². The third-order valence-corrected chi connectivity index (χ3v) is 5.83. The lowest BCUT2D eigenvalue weighted by Gasteiger charge is -2.11. The molecular formula is C21H19N3O2S. The molecule has 0 aliphatic heterocycles. The van der Waals surface area contributed by atoms with Crippen LogP contribution in [0, 0.1) is 6.92 Å². The molecule has 4 rings (SSSR count). The highest BCUT2D eigenvalue weighted by Gasteiger charge is 2.19. The number of benzene rings is 2. The van der Waals surface area contributed by atoms with Crippen LogP contribution < -0.4 is 4.72 Å². The molecule has 0 aliphatic rings. The quantitative estimate of drug-likeness (QED) is 0.576. The van der Waals surface area contributed by atoms with Crippen molar-refractivity contribution in [3.8, 4) is 11.1 Å². The zero-order valence-corrected chi connectivity index (χ0v) is 15.6. The van der Waals surface area contributed by atoms with Gasteiger partial charge in [-0.15, -0.1) is 0 Å². The summed E-state index contributed by atoms with van der Waals surface area (Å²) < 4.78 is 30.4. The van der Waals surface area contributed by atoms with E-state index >= 15 is 0 Å². The first-order valence-corrected chi connectivity index (χ1v) is 10.1. The molecule has 2 heterocycles. The van der Waals surface area contributed by atoms with E-state index in [1.807, 2.05) is 78.3 Å². The number of pyridine rings is 1. The maximum atomic E-state index is 12.9. The lowest BCUT2D eigenvalue weighted by atomic mass is 10.1. The molecule has 27 heavy (non-hydrogen) atoms. The van der Waals surface area contributed by atoms with E-state index in [4.69, 9.17) is 0 Å². The molecule has 5 nitrogen and oxygen atoms in total. The van der Waals surface area contributed by atoms with Crippen molar-refractivity contribution in [2.24, 2.45) is 0 Å². The zero-order chi connectivity index (χ0) is 18.9. The maximum absolute atomic E-state index is 12.9. The third kappa shape index (κ3) is 3.63. The van der Waals surface area contributed by atoms with Gasteiger partial charge in [-0.25, -0.2) is 18.1 Å². The number of fused-ring (bicyclic) bond motifs is 1. The van der Waals surface area contributed by atoms with Crippen LogP contribution in [0.4, 0.5) is 0 Å². The van der Waals surface area contributed by atoms with Gasteiger partial charge in [0, 0.05) is 18.0 Å². The molecule has 0 aliphatic carbocycles. The van der Waals surface area contributed by atoms with Gasteiger partial charge in [-0.05, 0) is 36.2 Å². The van der Waals surface area contributed by atoms with Gasteiger partial charge in [-0.3, -0.25) is 0 Å². The number of aromatic nitrogens is 2. The number of rotatable bonds is 5. The van der Waals surface area contributed by atoms with Crippen LogP contribution in [0.25, 0.3) is 16.8 Å². The smallest absolute Gasteiger partial charge is 0.241 e. The van der Waals surface area contributed by atoms with Crippen molar-refractivity contribution in [1.29, 1.82) is 0 Å². The fraction of sp³-hybridized carbons (Fsp3) is 0.0952. The van der Waals surface area contributed by atoms with Gasteiger partial charge >= 0.3 is 0 Å². The number of aryl methyl sites for hydroxylation is 1. The van der Waals surface area contributed by atoms with Gasteiger partial charge in [0.25, 0.3) is 0 Å². The van der Waals surface area contributed by atoms with Gasteiger partial charge in [-0.1, -0.05) is 48.5 Å². The normalized spacial score (nSPS) is 11.7. The molecular weight excluding hydrogens is 358 g/mol. The highest BCUT2D eigenvalue weighted by molar-refractivity contribution is 7.89. The van der Waals surface area contributed by atoms with Crippen LogP contribution in [0.5, 0.6) is 0 Å². The van der Waals surface area contributed by atoms with Gasteiger partial charge < -0.3 is 4.40 Å². The predicted octanol–water partition coefficient (Wildman–Crippen LogP) is 3.79. The second-order valence-corrected chi connectivity index (χ2v) is 8.12. The standard InChI is InChI=1S/C21H19N3O2S/c1-16-11-12-24-15-18(23-21(24)13-16)14-22-27(25,26)20-10-6-5-9-19(20)17-7-3-2-4-8-17/h2-13,15,22H,14H2,1H3. The Morgan fingerprint density at radius 2 is 1.74 bits per heavy atom. The molecule has 0 unspecified atom stereocenters. The van der Waals surface area contributed by atoms with Gasteiger partial charge in [0.1, 0.15) is 5.65 Å². The van der Waals surface area contributed by atoms with E-state index in [2.05, 4.69) is 9.71 Å². The third-order valence-electron chi connectivity index (χ3n) is 4.37. The van der Waals surface area contributed by atoms with Crippen molar-refractivity contribution < 1.29 is 8.42 Å². The Bertz CT molecular complexity index is 1200. The summed E-state index contributed by atoms with van der Waals surface area (Å²) in [5.41, 5.74) is 4.12. The SMILES string of the molecule is Cc1ccn2cc(CNS(=O)(=O)c3ccccc3-c3ccccc3)nc2c1. The zero-order valence-electron chi connectivity index (χ0n) is 14.8. The molecule has 0 amide bonds. The lowest BCUT2D eigenvalue weighted by molar-refractivity contribution is 0.581. The first kappa shape index (κ1) is 17.5. The Hall–Kier alpha value is -2.96. The average molecular weight is 377 g/mol. The molecule has 1 N–H and O–H groups in total. The summed E-state index contributed by atoms with van der Waals surface area (Å²) >= 11 is 0. The largest absolute Gasteiger partial charge is 0.307 e. The highest BCUT2D eigenvalue weighted by atomic mass is 32.2. The highest BCUT2D eigenvalue weighted by Crippen LogP contribution is 2.27. The molecule has 2 aromatic heterocycles. The first-order chi connectivity index (χ1) is 13.0. The minimum absolute atomic E-state index is 0.131. The van der Waals surface area contributed by atoms with E-state index < -0.39 is 10.0 Å². The maximum Gasteiger partial charge on any atom is 0.241 e. The minimum Gasteiger partial charge on any atom is -0.307 e. The molecule has 0 saturated carbocycles. The van der Waals surface area contributed by atoms with E-state index in [0.717, 1.165) is 16.8 Å². The number of hydrogen-bond acceptors (Lipinski definition) is 3. The summed E-state index contributed by atoms with van der Waals surface area (Å²) in [4.78, 5) is 4.75. The summed E-state index contributed by atoms with van der Waals surface area (Å²) in [6.07, 6.45) is 3.75. The van der Waals surface area contributed by atoms with Crippen LogP contribution in [0.2, 0.25) is 0 Å². The topological polar surface area (TPSA) is 63.5 Å². The second-order valence-electron chi connectivity index (χ2n) is 6.39. The van der Waals surface area contributed by atoms with E-state index in [0.29, 0.717) is 11.3 Å². The molecule has 2 aromatic carbocycles. The van der Waals surface area contributed by atoms with Gasteiger partial charge in [0.2, 0.25) is 10.0 Å². The summed E-state index contributed by atoms with van der Waals surface area (Å²) in [6.45, 7) is 2.13. The molecule has 136 valence electrons. The summed E-state index contributed by atoms with van der Waals surface area (Å²) in [5, 5.41) is 0. The van der Waals surface area contributed by atoms with Crippen molar-refractivity contribution in [2.45, 2.75) is 18.4 Å². The van der Waals surface area contributed by atoms with Crippen LogP contribution in [0.15, 0.2) is 84.0 Å². The van der Waals surface area contributed by atoms with E-state index in [1.165, 1.54) is 0 Å². The molecule has 0 radical (unpaired) electrons. The number of nitrogens with zero attached hydrogens (tertiary/aromatic N) is 2. The van der Waals surface area contributed by atoms with Gasteiger partial charge in [-0.2, -0.15) is 0 Å². The number of nitrogens with one attached hydrogen (secondary N) is 1. The van der Waals surface area contributed by atoms with Crippen molar-refractivity contribution in [3.05, 3.63) is 90.4 Å². The van der Waals surface area contributed by atoms with Crippen LogP contribution in [-0.2, 0) is 16.6 Å². The van der Waals surface area contributed by atoms with Crippen LogP contribution in [0.1, 0.15) is 11.3 Å². The van der Waals surface area contributed by atoms with Crippen molar-refractivity contribution in [3.63, 3.8) is 0 Å². The Kier molecular flexibility index (Phi) is 4.51. The van der Waals surface area contributed by atoms with Crippen LogP contribution >= 0.6 is 0 Å². The molecule has 4 aromatic rings. The van der Waals surface area contributed by atoms with Gasteiger partial charge in [0.15, 0.2) is 0 Å². The van der Waals surface area contributed by atoms with Gasteiger partial charge in [0.05, 0.1) is 17.1 Å². The molecule has 6 heteroatoms. The van der Waals surface area contributed by atoms with E-state index in [9.17, 15) is 8.42 Å². The van der Waals surface area contributed by atoms with Crippen LogP contribution in [-0.4, -0.2) is 17.8 Å². The van der Waals surface area contributed by atoms with Crippen molar-refractivity contribution in [1.82, 2.24) is 14.1 Å². The number of sulfonamides is 1. The Morgan fingerprint density at radius 3 is 2.56 bits per heavy atom. The molecule has 0 spiro atoms. The minimum atomic E-state index is -3.68.